The van der Waals surface area contributed by atoms with Gasteiger partial charge in [0, 0.05) is 16.9 Å². The van der Waals surface area contributed by atoms with Gasteiger partial charge in [0.1, 0.15) is 6.61 Å². The van der Waals surface area contributed by atoms with E-state index in [1.807, 2.05) is 11.8 Å². The average Bonchev–Trinajstić information content (AvgIpc) is 2.35. The molecule has 2 aliphatic rings. The minimum absolute atomic E-state index is 0.609. The molecule has 2 nitrogen and oxygen atoms in total. The van der Waals surface area contributed by atoms with E-state index in [1.165, 1.54) is 11.5 Å². The van der Waals surface area contributed by atoms with E-state index in [0.717, 1.165) is 6.61 Å². The lowest BCUT2D eigenvalue weighted by Crippen LogP contribution is -2.13. The van der Waals surface area contributed by atoms with Crippen molar-refractivity contribution in [1.29, 1.82) is 0 Å². The molecule has 2 atom stereocenters. The van der Waals surface area contributed by atoms with E-state index >= 15 is 0 Å². The van der Waals surface area contributed by atoms with Crippen molar-refractivity contribution in [3.8, 4) is 0 Å². The predicted octanol–water partition coefficient (Wildman–Crippen LogP) is 1.12. The molecule has 0 aliphatic carbocycles. The van der Waals surface area contributed by atoms with Crippen LogP contribution in [0.25, 0.3) is 0 Å². The lowest BCUT2D eigenvalue weighted by atomic mass is 10.1. The second kappa shape index (κ2) is 1.90. The minimum atomic E-state index is 0.609. The number of hydrogen-bond acceptors (Lipinski definition) is 3. The third-order valence-corrected chi connectivity index (χ3v) is 3.16. The van der Waals surface area contributed by atoms with Crippen LogP contribution in [0.1, 0.15) is 6.92 Å². The summed E-state index contributed by atoms with van der Waals surface area (Å²) in [5.41, 5.74) is 1.28. The van der Waals surface area contributed by atoms with Crippen LogP contribution in [0.4, 0.5) is 0 Å². The molecule has 2 aliphatic heterocycles. The summed E-state index contributed by atoms with van der Waals surface area (Å²) in [5, 5.41) is 4.58. The summed E-state index contributed by atoms with van der Waals surface area (Å²) in [4.78, 5) is 4.96. The summed E-state index contributed by atoms with van der Waals surface area (Å²) < 4.78 is 0. The number of hydrogen-bond donors (Lipinski definition) is 0. The summed E-state index contributed by atoms with van der Waals surface area (Å²) >= 11 is 1.98. The quantitative estimate of drug-likeness (QED) is 0.507. The molecular formula is C6H9NOS. The Morgan fingerprint density at radius 3 is 3.44 bits per heavy atom. The van der Waals surface area contributed by atoms with Crippen LogP contribution < -0.4 is 0 Å². The number of nitrogens with zero attached hydrogens (tertiary/aromatic N) is 1. The monoisotopic (exact) mass is 143 g/mol. The molecule has 0 bridgehead atoms. The zero-order valence-electron chi connectivity index (χ0n) is 5.33. The van der Waals surface area contributed by atoms with Gasteiger partial charge >= 0.3 is 0 Å². The highest BCUT2D eigenvalue weighted by atomic mass is 32.2. The summed E-state index contributed by atoms with van der Waals surface area (Å²) in [7, 11) is 0. The third-order valence-electron chi connectivity index (χ3n) is 1.83. The van der Waals surface area contributed by atoms with Gasteiger partial charge in [0.15, 0.2) is 0 Å². The number of oxime groups is 1. The zero-order chi connectivity index (χ0) is 6.27. The molecule has 0 N–H and O–H groups in total. The fraction of sp³-hybridized carbons (Fsp3) is 0.833. The summed E-state index contributed by atoms with van der Waals surface area (Å²) in [6.07, 6.45) is 0. The maximum atomic E-state index is 4.96. The Morgan fingerprint density at radius 2 is 2.67 bits per heavy atom. The first kappa shape index (κ1) is 5.59. The van der Waals surface area contributed by atoms with Crippen LogP contribution in [-0.2, 0) is 4.84 Å². The highest BCUT2D eigenvalue weighted by molar-refractivity contribution is 8.01. The molecule has 2 rings (SSSR count). The molecule has 2 heterocycles. The van der Waals surface area contributed by atoms with Crippen LogP contribution in [0.2, 0.25) is 0 Å². The van der Waals surface area contributed by atoms with Gasteiger partial charge < -0.3 is 4.84 Å². The van der Waals surface area contributed by atoms with Crippen molar-refractivity contribution in [2.24, 2.45) is 11.1 Å². The van der Waals surface area contributed by atoms with E-state index < -0.39 is 0 Å². The Hall–Kier alpha value is -0.180. The second-order valence-electron chi connectivity index (χ2n) is 2.48. The van der Waals surface area contributed by atoms with Gasteiger partial charge in [0.2, 0.25) is 0 Å². The SMILES string of the molecule is CC1SCC2CON=C21. The van der Waals surface area contributed by atoms with Crippen molar-refractivity contribution in [2.75, 3.05) is 12.4 Å². The van der Waals surface area contributed by atoms with Gasteiger partial charge in [-0.1, -0.05) is 5.16 Å². The minimum Gasteiger partial charge on any atom is -0.395 e. The predicted molar refractivity (Wildman–Crippen MR) is 38.8 cm³/mol. The second-order valence-corrected chi connectivity index (χ2v) is 3.86. The van der Waals surface area contributed by atoms with E-state index in [4.69, 9.17) is 4.84 Å². The normalized spacial score (nSPS) is 39.9. The molecule has 0 aromatic heterocycles. The Bertz CT molecular complexity index is 157. The van der Waals surface area contributed by atoms with Gasteiger partial charge in [-0.15, -0.1) is 0 Å². The molecule has 50 valence electrons. The van der Waals surface area contributed by atoms with Crippen molar-refractivity contribution in [2.45, 2.75) is 12.2 Å². The van der Waals surface area contributed by atoms with Crippen molar-refractivity contribution >= 4 is 17.5 Å². The fourth-order valence-corrected chi connectivity index (χ4v) is 2.44. The maximum Gasteiger partial charge on any atom is 0.126 e. The van der Waals surface area contributed by atoms with E-state index in [-0.39, 0.29) is 0 Å². The van der Waals surface area contributed by atoms with Crippen LogP contribution in [-0.4, -0.2) is 23.3 Å². The van der Waals surface area contributed by atoms with Crippen molar-refractivity contribution in [3.05, 3.63) is 0 Å². The molecule has 0 amide bonds. The van der Waals surface area contributed by atoms with Crippen LogP contribution in [0, 0.1) is 5.92 Å². The van der Waals surface area contributed by atoms with E-state index in [9.17, 15) is 0 Å². The highest BCUT2D eigenvalue weighted by Crippen LogP contribution is 2.31. The first-order valence-electron chi connectivity index (χ1n) is 3.19. The van der Waals surface area contributed by atoms with Gasteiger partial charge in [-0.3, -0.25) is 0 Å². The lowest BCUT2D eigenvalue weighted by molar-refractivity contribution is 0.158. The van der Waals surface area contributed by atoms with E-state index in [1.54, 1.807) is 0 Å². The average molecular weight is 143 g/mol. The molecule has 0 radical (unpaired) electrons. The van der Waals surface area contributed by atoms with Gasteiger partial charge in [-0.25, -0.2) is 0 Å². The third kappa shape index (κ3) is 0.748. The molecule has 3 heteroatoms. The van der Waals surface area contributed by atoms with Crippen LogP contribution in [0.5, 0.6) is 0 Å². The van der Waals surface area contributed by atoms with Gasteiger partial charge in [-0.2, -0.15) is 11.8 Å². The summed E-state index contributed by atoms with van der Waals surface area (Å²) in [6, 6.07) is 0. The Balaban J connectivity index is 2.22. The maximum absolute atomic E-state index is 4.96. The Labute approximate surface area is 58.6 Å². The van der Waals surface area contributed by atoms with Gasteiger partial charge in [-0.05, 0) is 6.92 Å². The lowest BCUT2D eigenvalue weighted by Gasteiger charge is -1.95. The van der Waals surface area contributed by atoms with Crippen molar-refractivity contribution < 1.29 is 4.84 Å². The zero-order valence-corrected chi connectivity index (χ0v) is 6.15. The Morgan fingerprint density at radius 1 is 1.78 bits per heavy atom. The molecule has 1 fully saturated rings. The summed E-state index contributed by atoms with van der Waals surface area (Å²) in [6.45, 7) is 3.02. The van der Waals surface area contributed by atoms with E-state index in [2.05, 4.69) is 12.1 Å². The molecule has 0 aromatic rings. The molecule has 2 unspecified atom stereocenters. The molecule has 9 heavy (non-hydrogen) atoms. The number of thioether (sulfide) groups is 1. The molecular weight excluding hydrogens is 134 g/mol. The topological polar surface area (TPSA) is 21.6 Å². The van der Waals surface area contributed by atoms with E-state index in [0.29, 0.717) is 11.2 Å². The molecule has 1 saturated heterocycles. The van der Waals surface area contributed by atoms with Crippen molar-refractivity contribution in [3.63, 3.8) is 0 Å². The first-order valence-corrected chi connectivity index (χ1v) is 4.24. The Kier molecular flexibility index (Phi) is 1.18. The van der Waals surface area contributed by atoms with Crippen molar-refractivity contribution in [1.82, 2.24) is 0 Å². The van der Waals surface area contributed by atoms with Gasteiger partial charge in [0.05, 0.1) is 5.71 Å². The smallest absolute Gasteiger partial charge is 0.126 e. The summed E-state index contributed by atoms with van der Waals surface area (Å²) in [5.74, 6) is 1.85. The standard InChI is InChI=1S/C6H9NOS/c1-4-6-5(3-9-4)2-8-7-6/h4-5H,2-3H2,1H3. The largest absolute Gasteiger partial charge is 0.395 e. The molecule has 0 spiro atoms. The van der Waals surface area contributed by atoms with Crippen LogP contribution in [0.3, 0.4) is 0 Å². The van der Waals surface area contributed by atoms with Gasteiger partial charge in [0.25, 0.3) is 0 Å². The molecule has 0 aromatic carbocycles. The molecule has 0 saturated carbocycles. The fourth-order valence-electron chi connectivity index (χ4n) is 1.25. The van der Waals surface area contributed by atoms with Crippen LogP contribution in [0.15, 0.2) is 5.16 Å². The number of fused-ring (bicyclic) bond motifs is 1. The number of rotatable bonds is 0. The van der Waals surface area contributed by atoms with Crippen LogP contribution >= 0.6 is 11.8 Å². The highest BCUT2D eigenvalue weighted by Gasteiger charge is 2.34. The first-order chi connectivity index (χ1) is 4.38.